The average molecular weight is 360 g/mol. The third kappa shape index (κ3) is 3.40. The standard InChI is InChI=1S/C22H24N4O/c1-16-10-11-18(14-23)21(24-16)25-12-4-8-19(15-25)22(27)26-13-5-7-17-6-2-3-9-20(17)26/h2-3,6,9-11,19H,4-5,7-8,12-13,15H2,1H3. The van der Waals surface area contributed by atoms with Gasteiger partial charge < -0.3 is 9.80 Å². The van der Waals surface area contributed by atoms with Gasteiger partial charge in [-0.05, 0) is 56.4 Å². The molecule has 0 saturated carbocycles. The van der Waals surface area contributed by atoms with E-state index in [1.807, 2.05) is 36.1 Å². The normalized spacial score (nSPS) is 19.3. The van der Waals surface area contributed by atoms with Crippen molar-refractivity contribution in [3.05, 3.63) is 53.2 Å². The number of anilines is 2. The molecule has 1 fully saturated rings. The summed E-state index contributed by atoms with van der Waals surface area (Å²) in [4.78, 5) is 22.0. The summed E-state index contributed by atoms with van der Waals surface area (Å²) in [5.41, 5.74) is 3.80. The maximum atomic E-state index is 13.3. The van der Waals surface area contributed by atoms with Crippen molar-refractivity contribution in [1.29, 1.82) is 5.26 Å². The molecule has 1 atom stereocenters. The van der Waals surface area contributed by atoms with E-state index < -0.39 is 0 Å². The van der Waals surface area contributed by atoms with Crippen LogP contribution in [0.4, 0.5) is 11.5 Å². The first-order valence-electron chi connectivity index (χ1n) is 9.69. The highest BCUT2D eigenvalue weighted by Crippen LogP contribution is 2.31. The number of hydrogen-bond donors (Lipinski definition) is 0. The second-order valence-electron chi connectivity index (χ2n) is 7.44. The van der Waals surface area contributed by atoms with Crippen molar-refractivity contribution in [3.8, 4) is 6.07 Å². The topological polar surface area (TPSA) is 60.2 Å². The highest BCUT2D eigenvalue weighted by Gasteiger charge is 2.32. The van der Waals surface area contributed by atoms with Crippen LogP contribution in [-0.2, 0) is 11.2 Å². The first kappa shape index (κ1) is 17.5. The molecule has 0 aliphatic carbocycles. The highest BCUT2D eigenvalue weighted by molar-refractivity contribution is 5.96. The Morgan fingerprint density at radius 1 is 1.19 bits per heavy atom. The third-order valence-electron chi connectivity index (χ3n) is 5.58. The zero-order valence-corrected chi connectivity index (χ0v) is 15.7. The number of aromatic nitrogens is 1. The Morgan fingerprint density at radius 3 is 2.89 bits per heavy atom. The van der Waals surface area contributed by atoms with E-state index in [4.69, 9.17) is 0 Å². The van der Waals surface area contributed by atoms with Crippen molar-refractivity contribution in [3.63, 3.8) is 0 Å². The zero-order chi connectivity index (χ0) is 18.8. The first-order chi connectivity index (χ1) is 13.2. The van der Waals surface area contributed by atoms with Gasteiger partial charge in [-0.25, -0.2) is 4.98 Å². The SMILES string of the molecule is Cc1ccc(C#N)c(N2CCCC(C(=O)N3CCCc4ccccc43)C2)n1. The number of rotatable bonds is 2. The van der Waals surface area contributed by atoms with Crippen LogP contribution in [0.2, 0.25) is 0 Å². The summed E-state index contributed by atoms with van der Waals surface area (Å²) in [5.74, 6) is 0.866. The summed E-state index contributed by atoms with van der Waals surface area (Å²) < 4.78 is 0. The van der Waals surface area contributed by atoms with E-state index in [9.17, 15) is 10.1 Å². The van der Waals surface area contributed by atoms with Crippen molar-refractivity contribution in [1.82, 2.24) is 4.98 Å². The Kier molecular flexibility index (Phi) is 4.81. The number of fused-ring (bicyclic) bond motifs is 1. The lowest BCUT2D eigenvalue weighted by molar-refractivity contribution is -0.122. The van der Waals surface area contributed by atoms with Gasteiger partial charge in [0.2, 0.25) is 5.91 Å². The number of amides is 1. The molecule has 1 amide bonds. The van der Waals surface area contributed by atoms with Gasteiger partial charge in [0.1, 0.15) is 11.9 Å². The molecule has 1 saturated heterocycles. The molecular weight excluding hydrogens is 336 g/mol. The van der Waals surface area contributed by atoms with Crippen LogP contribution in [0.5, 0.6) is 0 Å². The molecule has 0 bridgehead atoms. The van der Waals surface area contributed by atoms with Gasteiger partial charge in [0, 0.05) is 31.0 Å². The van der Waals surface area contributed by atoms with Crippen LogP contribution >= 0.6 is 0 Å². The molecule has 2 aromatic rings. The van der Waals surface area contributed by atoms with Crippen molar-refractivity contribution in [2.24, 2.45) is 5.92 Å². The lowest BCUT2D eigenvalue weighted by atomic mass is 9.93. The molecule has 0 spiro atoms. The van der Waals surface area contributed by atoms with E-state index in [1.165, 1.54) is 5.56 Å². The summed E-state index contributed by atoms with van der Waals surface area (Å²) in [6, 6.07) is 14.2. The van der Waals surface area contributed by atoms with Crippen LogP contribution in [0.15, 0.2) is 36.4 Å². The number of benzene rings is 1. The maximum absolute atomic E-state index is 13.3. The molecule has 2 aliphatic rings. The predicted octanol–water partition coefficient (Wildman–Crippen LogP) is 3.46. The average Bonchev–Trinajstić information content (AvgIpc) is 2.73. The number of aryl methyl sites for hydroxylation is 2. The van der Waals surface area contributed by atoms with E-state index in [-0.39, 0.29) is 11.8 Å². The van der Waals surface area contributed by atoms with Gasteiger partial charge in [-0.2, -0.15) is 5.26 Å². The molecule has 5 nitrogen and oxygen atoms in total. The van der Waals surface area contributed by atoms with Crippen molar-refractivity contribution >= 4 is 17.4 Å². The smallest absolute Gasteiger partial charge is 0.231 e. The van der Waals surface area contributed by atoms with Gasteiger partial charge in [0.15, 0.2) is 0 Å². The van der Waals surface area contributed by atoms with E-state index in [1.54, 1.807) is 0 Å². The molecule has 1 unspecified atom stereocenters. The second kappa shape index (κ2) is 7.40. The van der Waals surface area contributed by atoms with Crippen LogP contribution in [-0.4, -0.2) is 30.5 Å². The zero-order valence-electron chi connectivity index (χ0n) is 15.7. The maximum Gasteiger partial charge on any atom is 0.231 e. The lowest BCUT2D eigenvalue weighted by Gasteiger charge is -2.37. The minimum Gasteiger partial charge on any atom is -0.355 e. The van der Waals surface area contributed by atoms with Crippen LogP contribution in [0.25, 0.3) is 0 Å². The molecule has 0 N–H and O–H groups in total. The molecule has 138 valence electrons. The van der Waals surface area contributed by atoms with Gasteiger partial charge >= 0.3 is 0 Å². The Bertz CT molecular complexity index is 901. The molecule has 4 rings (SSSR count). The van der Waals surface area contributed by atoms with Crippen LogP contribution in [0, 0.1) is 24.2 Å². The van der Waals surface area contributed by atoms with Crippen molar-refractivity contribution in [2.45, 2.75) is 32.6 Å². The fourth-order valence-corrected chi connectivity index (χ4v) is 4.23. The molecule has 27 heavy (non-hydrogen) atoms. The van der Waals surface area contributed by atoms with Gasteiger partial charge in [-0.15, -0.1) is 0 Å². The van der Waals surface area contributed by atoms with E-state index in [0.717, 1.165) is 50.2 Å². The fourth-order valence-electron chi connectivity index (χ4n) is 4.23. The summed E-state index contributed by atoms with van der Waals surface area (Å²) >= 11 is 0. The lowest BCUT2D eigenvalue weighted by Crippen LogP contribution is -2.47. The number of para-hydroxylation sites is 1. The van der Waals surface area contributed by atoms with Gasteiger partial charge in [-0.3, -0.25) is 4.79 Å². The molecule has 2 aliphatic heterocycles. The van der Waals surface area contributed by atoms with Crippen molar-refractivity contribution in [2.75, 3.05) is 29.4 Å². The number of carbonyl (C=O) groups excluding carboxylic acids is 1. The summed E-state index contributed by atoms with van der Waals surface area (Å²) in [5, 5.41) is 9.44. The fraction of sp³-hybridized carbons (Fsp3) is 0.409. The van der Waals surface area contributed by atoms with Crippen LogP contribution in [0.1, 0.15) is 36.1 Å². The predicted molar refractivity (Wildman–Crippen MR) is 106 cm³/mol. The Balaban J connectivity index is 1.57. The van der Waals surface area contributed by atoms with Gasteiger partial charge in [0.25, 0.3) is 0 Å². The largest absolute Gasteiger partial charge is 0.355 e. The molecule has 1 aromatic carbocycles. The minimum absolute atomic E-state index is 0.0567. The first-order valence-corrected chi connectivity index (χ1v) is 9.69. The number of piperidine rings is 1. The minimum atomic E-state index is -0.0567. The van der Waals surface area contributed by atoms with Crippen molar-refractivity contribution < 1.29 is 4.79 Å². The molecule has 5 heteroatoms. The Morgan fingerprint density at radius 2 is 2.04 bits per heavy atom. The third-order valence-corrected chi connectivity index (χ3v) is 5.58. The monoisotopic (exact) mass is 360 g/mol. The molecule has 1 aromatic heterocycles. The summed E-state index contributed by atoms with van der Waals surface area (Å²) in [6.45, 7) is 4.19. The molecular formula is C22H24N4O. The highest BCUT2D eigenvalue weighted by atomic mass is 16.2. The Hall–Kier alpha value is -2.87. The second-order valence-corrected chi connectivity index (χ2v) is 7.44. The number of nitriles is 1. The number of nitrogens with zero attached hydrogens (tertiary/aromatic N) is 4. The van der Waals surface area contributed by atoms with E-state index >= 15 is 0 Å². The van der Waals surface area contributed by atoms with Gasteiger partial charge in [-0.1, -0.05) is 18.2 Å². The summed E-state index contributed by atoms with van der Waals surface area (Å²) in [7, 11) is 0. The van der Waals surface area contributed by atoms with Gasteiger partial charge in [0.05, 0.1) is 11.5 Å². The van der Waals surface area contributed by atoms with Crippen LogP contribution < -0.4 is 9.80 Å². The van der Waals surface area contributed by atoms with E-state index in [0.29, 0.717) is 17.9 Å². The number of hydrogen-bond acceptors (Lipinski definition) is 4. The van der Waals surface area contributed by atoms with Crippen LogP contribution in [0.3, 0.4) is 0 Å². The van der Waals surface area contributed by atoms with E-state index in [2.05, 4.69) is 28.1 Å². The summed E-state index contributed by atoms with van der Waals surface area (Å²) in [6.07, 6.45) is 3.88. The molecule has 0 radical (unpaired) electrons. The number of carbonyl (C=O) groups is 1. The Labute approximate surface area is 160 Å². The number of pyridine rings is 1. The quantitative estimate of drug-likeness (QED) is 0.823. The molecule has 3 heterocycles.